The Kier molecular flexibility index (Phi) is 7.21. The van der Waals surface area contributed by atoms with E-state index in [0.29, 0.717) is 42.6 Å². The van der Waals surface area contributed by atoms with Crippen LogP contribution in [0.25, 0.3) is 11.5 Å². The number of para-hydroxylation sites is 1. The molecule has 0 aliphatic rings. The summed E-state index contributed by atoms with van der Waals surface area (Å²) in [5.41, 5.74) is 0.0218. The Balaban J connectivity index is 1.91. The van der Waals surface area contributed by atoms with Gasteiger partial charge in [-0.3, -0.25) is 20.2 Å². The molecule has 168 valence electrons. The second-order valence-electron chi connectivity index (χ2n) is 6.24. The smallest absolute Gasteiger partial charge is 0.322 e. The molecule has 0 aliphatic heterocycles. The molecule has 0 saturated heterocycles. The van der Waals surface area contributed by atoms with Crippen LogP contribution in [0.2, 0.25) is 0 Å². The van der Waals surface area contributed by atoms with Gasteiger partial charge in [0.15, 0.2) is 11.5 Å². The Bertz CT molecular complexity index is 1090. The van der Waals surface area contributed by atoms with E-state index in [2.05, 4.69) is 15.5 Å². The quantitative estimate of drug-likeness (QED) is 0.363. The Morgan fingerprint density at radius 3 is 2.25 bits per heavy atom. The van der Waals surface area contributed by atoms with Crippen LogP contribution in [0.3, 0.4) is 0 Å². The molecule has 0 saturated carbocycles. The number of benzene rings is 2. The third kappa shape index (κ3) is 4.94. The highest BCUT2D eigenvalue weighted by Crippen LogP contribution is 2.41. The third-order valence-corrected chi connectivity index (χ3v) is 4.15. The van der Waals surface area contributed by atoms with Crippen molar-refractivity contribution in [2.75, 3.05) is 25.1 Å². The van der Waals surface area contributed by atoms with E-state index < -0.39 is 10.8 Å². The van der Waals surface area contributed by atoms with E-state index >= 15 is 0 Å². The van der Waals surface area contributed by atoms with Crippen molar-refractivity contribution in [2.24, 2.45) is 0 Å². The van der Waals surface area contributed by atoms with Crippen molar-refractivity contribution in [2.45, 2.75) is 20.8 Å². The van der Waals surface area contributed by atoms with Gasteiger partial charge in [-0.25, -0.2) is 0 Å². The second kappa shape index (κ2) is 10.2. The van der Waals surface area contributed by atoms with E-state index in [4.69, 9.17) is 18.6 Å². The number of anilines is 1. The minimum absolute atomic E-state index is 0.0906. The van der Waals surface area contributed by atoms with Gasteiger partial charge in [-0.05, 0) is 39.0 Å². The number of hydrogen-bond acceptors (Lipinski definition) is 9. The first-order chi connectivity index (χ1) is 15.5. The molecule has 0 unspecified atom stereocenters. The highest BCUT2D eigenvalue weighted by atomic mass is 16.6. The number of hydrogen-bond donors (Lipinski definition) is 1. The van der Waals surface area contributed by atoms with Crippen molar-refractivity contribution in [3.8, 4) is 28.7 Å². The highest BCUT2D eigenvalue weighted by molar-refractivity contribution is 6.06. The van der Waals surface area contributed by atoms with Crippen molar-refractivity contribution < 1.29 is 28.3 Å². The van der Waals surface area contributed by atoms with Crippen LogP contribution in [0.15, 0.2) is 40.8 Å². The average Bonchev–Trinajstić information content (AvgIpc) is 3.24. The summed E-state index contributed by atoms with van der Waals surface area (Å²) in [6, 6.07) is 8.67. The molecular formula is C21H22N4O7. The first-order valence-electron chi connectivity index (χ1n) is 9.93. The van der Waals surface area contributed by atoms with E-state index in [-0.39, 0.29) is 23.2 Å². The number of nitro groups is 1. The van der Waals surface area contributed by atoms with Gasteiger partial charge < -0.3 is 18.6 Å². The second-order valence-corrected chi connectivity index (χ2v) is 6.24. The summed E-state index contributed by atoms with van der Waals surface area (Å²) in [7, 11) is 0. The Morgan fingerprint density at radius 2 is 1.66 bits per heavy atom. The molecular weight excluding hydrogens is 420 g/mol. The zero-order valence-corrected chi connectivity index (χ0v) is 17.8. The van der Waals surface area contributed by atoms with Gasteiger partial charge in [0, 0.05) is 11.6 Å². The van der Waals surface area contributed by atoms with Crippen molar-refractivity contribution >= 4 is 17.6 Å². The minimum atomic E-state index is -0.746. The highest BCUT2D eigenvalue weighted by Gasteiger charge is 2.22. The van der Waals surface area contributed by atoms with Gasteiger partial charge in [0.1, 0.15) is 5.56 Å². The molecule has 0 bridgehead atoms. The van der Waals surface area contributed by atoms with Gasteiger partial charge in [-0.1, -0.05) is 17.2 Å². The van der Waals surface area contributed by atoms with Gasteiger partial charge in [0.05, 0.1) is 24.7 Å². The number of aromatic nitrogens is 2. The molecule has 1 aromatic heterocycles. The van der Waals surface area contributed by atoms with Crippen molar-refractivity contribution in [1.29, 1.82) is 0 Å². The zero-order chi connectivity index (χ0) is 23.1. The van der Waals surface area contributed by atoms with E-state index in [1.165, 1.54) is 24.3 Å². The van der Waals surface area contributed by atoms with Gasteiger partial charge in [-0.2, -0.15) is 0 Å². The van der Waals surface area contributed by atoms with Gasteiger partial charge in [0.25, 0.3) is 11.6 Å². The summed E-state index contributed by atoms with van der Waals surface area (Å²) in [6.07, 6.45) is 0. The molecule has 3 aromatic rings. The first kappa shape index (κ1) is 22.5. The van der Waals surface area contributed by atoms with E-state index in [1.54, 1.807) is 12.1 Å². The minimum Gasteiger partial charge on any atom is -0.490 e. The van der Waals surface area contributed by atoms with Gasteiger partial charge >= 0.3 is 6.01 Å². The van der Waals surface area contributed by atoms with Crippen LogP contribution in [-0.4, -0.2) is 40.8 Å². The maximum absolute atomic E-state index is 12.5. The summed E-state index contributed by atoms with van der Waals surface area (Å²) < 4.78 is 22.6. The fourth-order valence-electron chi connectivity index (χ4n) is 2.89. The predicted octanol–water partition coefficient (Wildman–Crippen LogP) is 4.09. The number of nitro benzene ring substituents is 1. The van der Waals surface area contributed by atoms with Crippen molar-refractivity contribution in [1.82, 2.24) is 10.2 Å². The Morgan fingerprint density at radius 1 is 1.03 bits per heavy atom. The summed E-state index contributed by atoms with van der Waals surface area (Å²) in [4.78, 5) is 23.0. The topological polar surface area (TPSA) is 139 Å². The van der Waals surface area contributed by atoms with Crippen LogP contribution in [-0.2, 0) is 0 Å². The van der Waals surface area contributed by atoms with Crippen LogP contribution < -0.4 is 19.5 Å². The largest absolute Gasteiger partial charge is 0.490 e. The standard InChI is InChI=1S/C21H22N4O7/c1-4-29-16-11-13(12-17(30-5-2)18(16)31-6-3)20-23-24-21(32-20)22-19(26)14-9-7-8-10-15(14)25(27)28/h7-12H,4-6H2,1-3H3,(H,22,24,26). The lowest BCUT2D eigenvalue weighted by Crippen LogP contribution is -2.14. The number of carbonyl (C=O) groups excluding carboxylic acids is 1. The Labute approximate surface area is 183 Å². The lowest BCUT2D eigenvalue weighted by molar-refractivity contribution is -0.385. The molecule has 2 aromatic carbocycles. The lowest BCUT2D eigenvalue weighted by atomic mass is 10.1. The first-order valence-corrected chi connectivity index (χ1v) is 9.93. The van der Waals surface area contributed by atoms with Crippen LogP contribution in [0.4, 0.5) is 11.7 Å². The van der Waals surface area contributed by atoms with Crippen molar-refractivity contribution in [3.05, 3.63) is 52.1 Å². The molecule has 3 rings (SSSR count). The predicted molar refractivity (Wildman–Crippen MR) is 114 cm³/mol. The number of ether oxygens (including phenoxy) is 3. The van der Waals surface area contributed by atoms with Crippen LogP contribution >= 0.6 is 0 Å². The maximum atomic E-state index is 12.5. The zero-order valence-electron chi connectivity index (χ0n) is 17.8. The summed E-state index contributed by atoms with van der Waals surface area (Å²) >= 11 is 0. The van der Waals surface area contributed by atoms with Crippen LogP contribution in [0.5, 0.6) is 17.2 Å². The summed E-state index contributed by atoms with van der Waals surface area (Å²) in [5.74, 6) is 0.694. The van der Waals surface area contributed by atoms with Crippen molar-refractivity contribution in [3.63, 3.8) is 0 Å². The molecule has 32 heavy (non-hydrogen) atoms. The molecule has 11 nitrogen and oxygen atoms in total. The van der Waals surface area contributed by atoms with Crippen LogP contribution in [0.1, 0.15) is 31.1 Å². The van der Waals surface area contributed by atoms with E-state index in [9.17, 15) is 14.9 Å². The number of carbonyl (C=O) groups is 1. The number of amides is 1. The molecule has 0 spiro atoms. The third-order valence-electron chi connectivity index (χ3n) is 4.15. The molecule has 0 atom stereocenters. The molecule has 0 aliphatic carbocycles. The Hall–Kier alpha value is -4.15. The van der Waals surface area contributed by atoms with E-state index in [0.717, 1.165) is 0 Å². The maximum Gasteiger partial charge on any atom is 0.322 e. The molecule has 11 heteroatoms. The number of rotatable bonds is 10. The number of nitrogens with zero attached hydrogens (tertiary/aromatic N) is 3. The van der Waals surface area contributed by atoms with Crippen LogP contribution in [0, 0.1) is 10.1 Å². The lowest BCUT2D eigenvalue weighted by Gasteiger charge is -2.16. The average molecular weight is 442 g/mol. The van der Waals surface area contributed by atoms with Gasteiger partial charge in [-0.15, -0.1) is 5.10 Å². The van der Waals surface area contributed by atoms with Gasteiger partial charge in [0.2, 0.25) is 11.6 Å². The molecule has 1 N–H and O–H groups in total. The fraction of sp³-hybridized carbons (Fsp3) is 0.286. The van der Waals surface area contributed by atoms with E-state index in [1.807, 2.05) is 20.8 Å². The molecule has 0 fully saturated rings. The molecule has 0 radical (unpaired) electrons. The normalized spacial score (nSPS) is 10.5. The number of nitrogens with one attached hydrogen (secondary N) is 1. The molecule has 1 heterocycles. The summed E-state index contributed by atoms with van der Waals surface area (Å²) in [6.45, 7) is 6.75. The SMILES string of the molecule is CCOc1cc(-c2nnc(NC(=O)c3ccccc3[N+](=O)[O-])o2)cc(OCC)c1OCC. The fourth-order valence-corrected chi connectivity index (χ4v) is 2.89. The summed E-state index contributed by atoms with van der Waals surface area (Å²) in [5, 5.41) is 21.3. The monoisotopic (exact) mass is 442 g/mol. The molecule has 1 amide bonds.